The van der Waals surface area contributed by atoms with Gasteiger partial charge in [0.25, 0.3) is 0 Å². The van der Waals surface area contributed by atoms with Gasteiger partial charge >= 0.3 is 6.18 Å². The van der Waals surface area contributed by atoms with Crippen molar-refractivity contribution in [3.05, 3.63) is 72.1 Å². The highest BCUT2D eigenvalue weighted by atomic mass is 19.4. The van der Waals surface area contributed by atoms with Gasteiger partial charge < -0.3 is 19.9 Å². The number of ether oxygens (including phenoxy) is 2. The summed E-state index contributed by atoms with van der Waals surface area (Å²) in [7, 11) is 1.56. The van der Waals surface area contributed by atoms with Crippen LogP contribution in [0.15, 0.2) is 60.9 Å². The summed E-state index contributed by atoms with van der Waals surface area (Å²) < 4.78 is 51.8. The first kappa shape index (κ1) is 25.7. The van der Waals surface area contributed by atoms with E-state index in [2.05, 4.69) is 20.5 Å². The van der Waals surface area contributed by atoms with Gasteiger partial charge in [-0.15, -0.1) is 10.2 Å². The Morgan fingerprint density at radius 3 is 2.50 bits per heavy atom. The summed E-state index contributed by atoms with van der Waals surface area (Å²) in [6.45, 7) is 2.48. The Hall–Kier alpha value is -3.92. The molecule has 198 valence electrons. The van der Waals surface area contributed by atoms with Crippen molar-refractivity contribution >= 4 is 16.6 Å². The number of pyridine rings is 1. The molecule has 1 aliphatic rings. The Morgan fingerprint density at radius 2 is 1.82 bits per heavy atom. The fourth-order valence-corrected chi connectivity index (χ4v) is 4.79. The molecule has 7 nitrogen and oxygen atoms in total. The summed E-state index contributed by atoms with van der Waals surface area (Å²) in [5.41, 5.74) is 0.0919. The highest BCUT2D eigenvalue weighted by molar-refractivity contribution is 6.00. The van der Waals surface area contributed by atoms with Gasteiger partial charge in [0.15, 0.2) is 5.82 Å². The number of hydrogen-bond acceptors (Lipinski definition) is 7. The number of fused-ring (bicyclic) bond motifs is 1. The zero-order valence-electron chi connectivity index (χ0n) is 20.9. The van der Waals surface area contributed by atoms with E-state index in [1.165, 1.54) is 6.07 Å². The van der Waals surface area contributed by atoms with E-state index >= 15 is 0 Å². The molecule has 2 N–H and O–H groups in total. The molecule has 0 unspecified atom stereocenters. The molecule has 0 atom stereocenters. The van der Waals surface area contributed by atoms with Crippen molar-refractivity contribution in [2.45, 2.75) is 38.1 Å². The maximum Gasteiger partial charge on any atom is 0.416 e. The molecule has 0 radical (unpaired) electrons. The maximum absolute atomic E-state index is 13.6. The van der Waals surface area contributed by atoms with Crippen molar-refractivity contribution < 1.29 is 27.8 Å². The van der Waals surface area contributed by atoms with Gasteiger partial charge in [-0.1, -0.05) is 12.1 Å². The number of hydrogen-bond donors (Lipinski definition) is 2. The van der Waals surface area contributed by atoms with Gasteiger partial charge in [0.05, 0.1) is 18.3 Å². The minimum absolute atomic E-state index is 0.0421. The standard InChI is InChI=1S/C28H27F3N4O3/c1-27(36)12-18(13-27)14-33-26-23-15-32-10-9-21(23)25(34-35-26)22-8-5-19(28(29,30)31)11-24(22)38-16-17-3-6-20(37-2)7-4-17/h3-11,15,18,36H,12-14,16H2,1-2H3,(H,33,35). The summed E-state index contributed by atoms with van der Waals surface area (Å²) in [5.74, 6) is 1.54. The predicted molar refractivity (Wildman–Crippen MR) is 137 cm³/mol. The van der Waals surface area contributed by atoms with E-state index in [4.69, 9.17) is 9.47 Å². The smallest absolute Gasteiger partial charge is 0.416 e. The summed E-state index contributed by atoms with van der Waals surface area (Å²) in [6.07, 6.45) is 0.107. The van der Waals surface area contributed by atoms with Crippen LogP contribution in [-0.4, -0.2) is 39.5 Å². The summed E-state index contributed by atoms with van der Waals surface area (Å²) >= 11 is 0. The Balaban J connectivity index is 1.48. The van der Waals surface area contributed by atoms with Crippen LogP contribution in [0.3, 0.4) is 0 Å². The number of anilines is 1. The van der Waals surface area contributed by atoms with Crippen LogP contribution < -0.4 is 14.8 Å². The van der Waals surface area contributed by atoms with Crippen molar-refractivity contribution in [1.29, 1.82) is 0 Å². The second-order valence-corrected chi connectivity index (χ2v) is 9.82. The Bertz CT molecular complexity index is 1430. The van der Waals surface area contributed by atoms with Crippen LogP contribution in [0.25, 0.3) is 22.0 Å². The molecule has 1 aliphatic carbocycles. The van der Waals surface area contributed by atoms with E-state index in [1.807, 2.05) is 6.92 Å². The predicted octanol–water partition coefficient (Wildman–Crippen LogP) is 5.87. The van der Waals surface area contributed by atoms with Crippen LogP contribution in [0.2, 0.25) is 0 Å². The van der Waals surface area contributed by atoms with Gasteiger partial charge in [-0.3, -0.25) is 4.98 Å². The maximum atomic E-state index is 13.6. The van der Waals surface area contributed by atoms with Crippen LogP contribution in [0, 0.1) is 5.92 Å². The number of aromatic nitrogens is 3. The number of halogens is 3. The summed E-state index contributed by atoms with van der Waals surface area (Å²) in [6, 6.07) is 12.2. The lowest BCUT2D eigenvalue weighted by atomic mass is 9.72. The lowest BCUT2D eigenvalue weighted by Crippen LogP contribution is -2.43. The van der Waals surface area contributed by atoms with Crippen LogP contribution in [-0.2, 0) is 12.8 Å². The van der Waals surface area contributed by atoms with Gasteiger partial charge in [-0.25, -0.2) is 0 Å². The SMILES string of the molecule is COc1ccc(COc2cc(C(F)(F)F)ccc2-c2nnc(NCC3CC(C)(O)C3)c3cnccc23)cc1. The molecule has 0 bridgehead atoms. The van der Waals surface area contributed by atoms with Crippen molar-refractivity contribution in [3.63, 3.8) is 0 Å². The number of methoxy groups -OCH3 is 1. The highest BCUT2D eigenvalue weighted by Gasteiger charge is 2.38. The molecule has 2 aromatic carbocycles. The molecule has 1 saturated carbocycles. The minimum Gasteiger partial charge on any atom is -0.497 e. The third kappa shape index (κ3) is 5.50. The topological polar surface area (TPSA) is 89.4 Å². The molecule has 1 fully saturated rings. The molecule has 38 heavy (non-hydrogen) atoms. The average Bonchev–Trinajstić information content (AvgIpc) is 2.89. The molecule has 4 aromatic rings. The van der Waals surface area contributed by atoms with Crippen LogP contribution >= 0.6 is 0 Å². The van der Waals surface area contributed by atoms with Crippen LogP contribution in [0.1, 0.15) is 30.9 Å². The minimum atomic E-state index is -4.53. The van der Waals surface area contributed by atoms with Crippen molar-refractivity contribution in [2.75, 3.05) is 19.0 Å². The number of benzene rings is 2. The first-order chi connectivity index (χ1) is 18.1. The lowest BCUT2D eigenvalue weighted by molar-refractivity contribution is -0.137. The van der Waals surface area contributed by atoms with Crippen molar-refractivity contribution in [3.8, 4) is 22.8 Å². The van der Waals surface area contributed by atoms with Crippen molar-refractivity contribution in [1.82, 2.24) is 15.2 Å². The molecule has 0 amide bonds. The molecular formula is C28H27F3N4O3. The molecular weight excluding hydrogens is 497 g/mol. The zero-order chi connectivity index (χ0) is 26.9. The number of rotatable bonds is 8. The van der Waals surface area contributed by atoms with E-state index in [0.29, 0.717) is 58.9 Å². The molecule has 0 spiro atoms. The zero-order valence-corrected chi connectivity index (χ0v) is 20.9. The molecule has 5 rings (SSSR count). The van der Waals surface area contributed by atoms with Gasteiger partial charge in [0.1, 0.15) is 23.8 Å². The normalized spacial score (nSPS) is 19.2. The number of alkyl halides is 3. The van der Waals surface area contributed by atoms with Gasteiger partial charge in [-0.2, -0.15) is 13.2 Å². The fourth-order valence-electron chi connectivity index (χ4n) is 4.79. The number of aliphatic hydroxyl groups is 1. The van der Waals surface area contributed by atoms with E-state index < -0.39 is 17.3 Å². The highest BCUT2D eigenvalue weighted by Crippen LogP contribution is 2.40. The Labute approximate surface area is 217 Å². The van der Waals surface area contributed by atoms with E-state index in [9.17, 15) is 18.3 Å². The van der Waals surface area contributed by atoms with Gasteiger partial charge in [-0.05, 0) is 67.6 Å². The third-order valence-electron chi connectivity index (χ3n) is 6.71. The van der Waals surface area contributed by atoms with Crippen molar-refractivity contribution in [2.24, 2.45) is 5.92 Å². The molecule has 10 heteroatoms. The van der Waals surface area contributed by atoms with E-state index in [1.54, 1.807) is 49.8 Å². The summed E-state index contributed by atoms with van der Waals surface area (Å²) in [5, 5.41) is 23.4. The molecule has 0 saturated heterocycles. The van der Waals surface area contributed by atoms with Crippen LogP contribution in [0.5, 0.6) is 11.5 Å². The van der Waals surface area contributed by atoms with Crippen LogP contribution in [0.4, 0.5) is 19.0 Å². The number of nitrogens with one attached hydrogen (secondary N) is 1. The molecule has 0 aliphatic heterocycles. The van der Waals surface area contributed by atoms with Gasteiger partial charge in [0.2, 0.25) is 0 Å². The van der Waals surface area contributed by atoms with Gasteiger partial charge in [0, 0.05) is 35.3 Å². The van der Waals surface area contributed by atoms with E-state index in [0.717, 1.165) is 17.7 Å². The molecule has 2 heterocycles. The summed E-state index contributed by atoms with van der Waals surface area (Å²) in [4.78, 5) is 4.21. The molecule has 2 aromatic heterocycles. The monoisotopic (exact) mass is 524 g/mol. The second-order valence-electron chi connectivity index (χ2n) is 9.82. The number of nitrogens with zero attached hydrogens (tertiary/aromatic N) is 3. The first-order valence-corrected chi connectivity index (χ1v) is 12.2. The largest absolute Gasteiger partial charge is 0.497 e. The third-order valence-corrected chi connectivity index (χ3v) is 6.71. The Kier molecular flexibility index (Phi) is 6.83. The van der Waals surface area contributed by atoms with E-state index in [-0.39, 0.29) is 12.4 Å². The first-order valence-electron chi connectivity index (χ1n) is 12.2. The Morgan fingerprint density at radius 1 is 1.05 bits per heavy atom. The average molecular weight is 525 g/mol. The fraction of sp³-hybridized carbons (Fsp3) is 0.321. The second kappa shape index (κ2) is 10.1. The lowest BCUT2D eigenvalue weighted by Gasteiger charge is -2.41. The quantitative estimate of drug-likeness (QED) is 0.298.